The maximum atomic E-state index is 10.5. The molecule has 0 aliphatic heterocycles. The van der Waals surface area contributed by atoms with Crippen molar-refractivity contribution in [1.29, 1.82) is 0 Å². The molecule has 5 heteroatoms. The Balaban J connectivity index is 2.36. The second-order valence-corrected chi connectivity index (χ2v) is 3.30. The predicted octanol–water partition coefficient (Wildman–Crippen LogP) is 1.72. The zero-order valence-corrected chi connectivity index (χ0v) is 9.31. The topological polar surface area (TPSA) is 64.4 Å². The second kappa shape index (κ2) is 6.92. The smallest absolute Gasteiger partial charge is 0.269 e. The Morgan fingerprint density at radius 2 is 2.31 bits per heavy atom. The molecule has 0 fully saturated rings. The highest BCUT2D eigenvalue weighted by molar-refractivity contribution is 5.34. The first-order chi connectivity index (χ1) is 7.74. The summed E-state index contributed by atoms with van der Waals surface area (Å²) in [5.74, 6) is 0. The molecule has 0 spiro atoms. The highest BCUT2D eigenvalue weighted by Crippen LogP contribution is 2.12. The summed E-state index contributed by atoms with van der Waals surface area (Å²) in [7, 11) is 0. The zero-order valence-electron chi connectivity index (χ0n) is 9.31. The maximum absolute atomic E-state index is 10.5. The molecule has 0 aliphatic rings. The third-order valence-corrected chi connectivity index (χ3v) is 2.08. The van der Waals surface area contributed by atoms with Crippen LogP contribution >= 0.6 is 0 Å². The third kappa shape index (κ3) is 4.37. The van der Waals surface area contributed by atoms with Crippen LogP contribution in [0.4, 0.5) is 5.69 Å². The largest absolute Gasteiger partial charge is 0.380 e. The van der Waals surface area contributed by atoms with Crippen LogP contribution in [0.5, 0.6) is 0 Å². The number of hydrogen-bond acceptors (Lipinski definition) is 4. The van der Waals surface area contributed by atoms with Gasteiger partial charge in [0.15, 0.2) is 0 Å². The summed E-state index contributed by atoms with van der Waals surface area (Å²) in [6.45, 7) is 4.68. The van der Waals surface area contributed by atoms with E-state index in [-0.39, 0.29) is 10.6 Å². The van der Waals surface area contributed by atoms with Crippen LogP contribution < -0.4 is 5.32 Å². The SMILES string of the molecule is CCOCCNCc1cccc([N+](=O)[O-])c1. The molecule has 1 rings (SSSR count). The second-order valence-electron chi connectivity index (χ2n) is 3.30. The Morgan fingerprint density at radius 3 is 3.00 bits per heavy atom. The fourth-order valence-corrected chi connectivity index (χ4v) is 1.30. The van der Waals surface area contributed by atoms with Gasteiger partial charge in [-0.25, -0.2) is 0 Å². The van der Waals surface area contributed by atoms with Gasteiger partial charge in [-0.05, 0) is 12.5 Å². The standard InChI is InChI=1S/C11H16N2O3/c1-2-16-7-6-12-9-10-4-3-5-11(8-10)13(14)15/h3-5,8,12H,2,6-7,9H2,1H3. The summed E-state index contributed by atoms with van der Waals surface area (Å²) in [5, 5.41) is 13.7. The molecule has 1 N–H and O–H groups in total. The highest BCUT2D eigenvalue weighted by atomic mass is 16.6. The molecule has 1 aromatic rings. The number of hydrogen-bond donors (Lipinski definition) is 1. The van der Waals surface area contributed by atoms with Gasteiger partial charge in [-0.15, -0.1) is 0 Å². The van der Waals surface area contributed by atoms with Crippen LogP contribution in [0.3, 0.4) is 0 Å². The quantitative estimate of drug-likeness (QED) is 0.435. The summed E-state index contributed by atoms with van der Waals surface area (Å²) in [5.41, 5.74) is 1.04. The molecule has 0 heterocycles. The van der Waals surface area contributed by atoms with Crippen LogP contribution in [0.25, 0.3) is 0 Å². The minimum absolute atomic E-state index is 0.129. The first-order valence-corrected chi connectivity index (χ1v) is 5.26. The molecule has 0 bridgehead atoms. The molecule has 1 aromatic carbocycles. The van der Waals surface area contributed by atoms with Gasteiger partial charge in [0.2, 0.25) is 0 Å². The molecule has 0 aromatic heterocycles. The van der Waals surface area contributed by atoms with Gasteiger partial charge in [-0.2, -0.15) is 0 Å². The molecular weight excluding hydrogens is 208 g/mol. The molecule has 0 saturated heterocycles. The van der Waals surface area contributed by atoms with E-state index in [0.29, 0.717) is 19.8 Å². The van der Waals surface area contributed by atoms with E-state index in [1.54, 1.807) is 12.1 Å². The molecule has 88 valence electrons. The van der Waals surface area contributed by atoms with Crippen LogP contribution in [-0.2, 0) is 11.3 Å². The van der Waals surface area contributed by atoms with Crippen molar-refractivity contribution in [2.24, 2.45) is 0 Å². The van der Waals surface area contributed by atoms with Gasteiger partial charge in [-0.3, -0.25) is 10.1 Å². The molecule has 0 atom stereocenters. The average molecular weight is 224 g/mol. The van der Waals surface area contributed by atoms with Crippen molar-refractivity contribution in [3.63, 3.8) is 0 Å². The lowest BCUT2D eigenvalue weighted by Crippen LogP contribution is -2.19. The molecule has 0 saturated carbocycles. The Bertz CT molecular complexity index is 342. The Kier molecular flexibility index (Phi) is 5.45. The Morgan fingerprint density at radius 1 is 1.50 bits per heavy atom. The van der Waals surface area contributed by atoms with E-state index in [9.17, 15) is 10.1 Å². The molecule has 5 nitrogen and oxygen atoms in total. The van der Waals surface area contributed by atoms with Crippen molar-refractivity contribution in [1.82, 2.24) is 5.32 Å². The molecular formula is C11H16N2O3. The molecule has 0 aliphatic carbocycles. The third-order valence-electron chi connectivity index (χ3n) is 2.08. The maximum Gasteiger partial charge on any atom is 0.269 e. The fourth-order valence-electron chi connectivity index (χ4n) is 1.30. The van der Waals surface area contributed by atoms with Crippen molar-refractivity contribution >= 4 is 5.69 Å². The number of ether oxygens (including phenoxy) is 1. The van der Waals surface area contributed by atoms with Gasteiger partial charge < -0.3 is 10.1 Å². The number of nitrogens with one attached hydrogen (secondary N) is 1. The lowest BCUT2D eigenvalue weighted by molar-refractivity contribution is -0.384. The summed E-state index contributed by atoms with van der Waals surface area (Å²) in [6.07, 6.45) is 0. The number of rotatable bonds is 7. The van der Waals surface area contributed by atoms with Crippen LogP contribution in [-0.4, -0.2) is 24.7 Å². The first-order valence-electron chi connectivity index (χ1n) is 5.26. The molecule has 0 radical (unpaired) electrons. The predicted molar refractivity (Wildman–Crippen MR) is 61.3 cm³/mol. The number of nitro groups is 1. The van der Waals surface area contributed by atoms with Gasteiger partial charge in [0.25, 0.3) is 5.69 Å². The Labute approximate surface area is 94.6 Å². The van der Waals surface area contributed by atoms with Gasteiger partial charge in [0.05, 0.1) is 11.5 Å². The lowest BCUT2D eigenvalue weighted by Gasteiger charge is -2.04. The van der Waals surface area contributed by atoms with Gasteiger partial charge in [0, 0.05) is 31.8 Å². The van der Waals surface area contributed by atoms with Crippen LogP contribution in [0.1, 0.15) is 12.5 Å². The van der Waals surface area contributed by atoms with Crippen molar-refractivity contribution in [3.05, 3.63) is 39.9 Å². The number of non-ortho nitro benzene ring substituents is 1. The first kappa shape index (κ1) is 12.6. The monoisotopic (exact) mass is 224 g/mol. The Hall–Kier alpha value is -1.46. The minimum atomic E-state index is -0.385. The van der Waals surface area contributed by atoms with E-state index in [2.05, 4.69) is 5.32 Å². The lowest BCUT2D eigenvalue weighted by atomic mass is 10.2. The van der Waals surface area contributed by atoms with E-state index in [1.165, 1.54) is 6.07 Å². The van der Waals surface area contributed by atoms with Gasteiger partial charge in [0.1, 0.15) is 0 Å². The normalized spacial score (nSPS) is 10.3. The van der Waals surface area contributed by atoms with E-state index >= 15 is 0 Å². The summed E-state index contributed by atoms with van der Waals surface area (Å²) >= 11 is 0. The number of benzene rings is 1. The number of nitro benzene ring substituents is 1. The van der Waals surface area contributed by atoms with Gasteiger partial charge in [-0.1, -0.05) is 12.1 Å². The highest BCUT2D eigenvalue weighted by Gasteiger charge is 2.04. The van der Waals surface area contributed by atoms with Crippen molar-refractivity contribution < 1.29 is 9.66 Å². The number of nitrogens with zero attached hydrogens (tertiary/aromatic N) is 1. The molecule has 16 heavy (non-hydrogen) atoms. The fraction of sp³-hybridized carbons (Fsp3) is 0.455. The van der Waals surface area contributed by atoms with E-state index in [0.717, 1.165) is 12.1 Å². The van der Waals surface area contributed by atoms with Crippen molar-refractivity contribution in [2.45, 2.75) is 13.5 Å². The summed E-state index contributed by atoms with van der Waals surface area (Å²) < 4.78 is 5.16. The van der Waals surface area contributed by atoms with E-state index < -0.39 is 0 Å². The van der Waals surface area contributed by atoms with Crippen LogP contribution in [0.15, 0.2) is 24.3 Å². The summed E-state index contributed by atoms with van der Waals surface area (Å²) in [6, 6.07) is 6.62. The van der Waals surface area contributed by atoms with Gasteiger partial charge >= 0.3 is 0 Å². The average Bonchev–Trinajstić information content (AvgIpc) is 2.29. The molecule has 0 unspecified atom stereocenters. The molecule has 0 amide bonds. The van der Waals surface area contributed by atoms with E-state index in [4.69, 9.17) is 4.74 Å². The van der Waals surface area contributed by atoms with Crippen LogP contribution in [0, 0.1) is 10.1 Å². The minimum Gasteiger partial charge on any atom is -0.380 e. The van der Waals surface area contributed by atoms with Crippen molar-refractivity contribution in [3.8, 4) is 0 Å². The van der Waals surface area contributed by atoms with Crippen molar-refractivity contribution in [2.75, 3.05) is 19.8 Å². The van der Waals surface area contributed by atoms with Crippen LogP contribution in [0.2, 0.25) is 0 Å². The summed E-state index contributed by atoms with van der Waals surface area (Å²) in [4.78, 5) is 10.1. The zero-order chi connectivity index (χ0) is 11.8. The van der Waals surface area contributed by atoms with E-state index in [1.807, 2.05) is 13.0 Å².